The zero-order valence-corrected chi connectivity index (χ0v) is 55.8. The summed E-state index contributed by atoms with van der Waals surface area (Å²) >= 11 is 6.65. The number of carbonyl (C=O) groups excluding carboxylic acids is 9. The van der Waals surface area contributed by atoms with Crippen LogP contribution in [0.15, 0.2) is 60.2 Å². The van der Waals surface area contributed by atoms with Crippen LogP contribution in [0, 0.1) is 30.6 Å². The molecule has 4 bridgehead atoms. The number of urea groups is 1. The number of rotatable bonds is 25. The van der Waals surface area contributed by atoms with Crippen molar-refractivity contribution in [1.82, 2.24) is 31.5 Å². The van der Waals surface area contributed by atoms with E-state index in [2.05, 4.69) is 63.8 Å². The second-order valence-electron chi connectivity index (χ2n) is 23.4. The summed E-state index contributed by atoms with van der Waals surface area (Å²) in [7, 11) is 5.85. The highest BCUT2D eigenvalue weighted by atomic mass is 79.9. The van der Waals surface area contributed by atoms with Crippen LogP contribution in [0.4, 0.5) is 21.0 Å². The number of allylic oxidation sites excluding steroid dienone is 3. The van der Waals surface area contributed by atoms with Crippen LogP contribution in [0.5, 0.6) is 5.75 Å². The number of esters is 1. The van der Waals surface area contributed by atoms with Gasteiger partial charge in [0.05, 0.1) is 25.1 Å². The normalized spacial score (nSPS) is 23.6. The van der Waals surface area contributed by atoms with Crippen molar-refractivity contribution in [3.63, 3.8) is 0 Å². The molecule has 10 N–H and O–H groups in total. The molecular weight excluding hydrogens is 1270 g/mol. The topological polar surface area (TPSA) is 336 Å². The number of alkyl halides is 2. The lowest BCUT2D eigenvalue weighted by Crippen LogP contribution is -2.64. The van der Waals surface area contributed by atoms with Crippen molar-refractivity contribution in [3.05, 3.63) is 76.9 Å². The zero-order chi connectivity index (χ0) is 65.8. The van der Waals surface area contributed by atoms with Crippen LogP contribution in [-0.2, 0) is 49.4 Å². The van der Waals surface area contributed by atoms with Gasteiger partial charge in [-0.2, -0.15) is 0 Å². The fourth-order valence-corrected chi connectivity index (χ4v) is 12.0. The lowest BCUT2D eigenvalue weighted by atomic mass is 9.73. The van der Waals surface area contributed by atoms with Crippen LogP contribution in [0.3, 0.4) is 0 Å². The number of nitrogens with zero attached hydrogens (tertiary/aromatic N) is 2. The molecule has 2 heterocycles. The minimum Gasteiger partial charge on any atom is -0.496 e. The van der Waals surface area contributed by atoms with Crippen molar-refractivity contribution in [2.24, 2.45) is 29.4 Å². The van der Waals surface area contributed by atoms with Crippen molar-refractivity contribution < 1.29 is 72.3 Å². The van der Waals surface area contributed by atoms with E-state index >= 15 is 0 Å². The molecule has 0 unspecified atom stereocenters. The summed E-state index contributed by atoms with van der Waals surface area (Å²) in [4.78, 5) is 123. The Bertz CT molecular complexity index is 2830. The number of hydrogen-bond acceptors (Lipinski definition) is 15. The number of fused-ring (bicyclic) bond motifs is 4. The lowest BCUT2D eigenvalue weighted by molar-refractivity contribution is -0.185. The molecule has 1 fully saturated rings. The minimum absolute atomic E-state index is 0.0550. The van der Waals surface area contributed by atoms with E-state index < -0.39 is 108 Å². The van der Waals surface area contributed by atoms with Gasteiger partial charge in [0.15, 0.2) is 5.72 Å². The predicted molar refractivity (Wildman–Crippen MR) is 340 cm³/mol. The summed E-state index contributed by atoms with van der Waals surface area (Å²) in [6.45, 7) is 13.9. The van der Waals surface area contributed by atoms with Crippen LogP contribution >= 0.6 is 31.9 Å². The predicted octanol–water partition coefficient (Wildman–Crippen LogP) is 5.81. The number of benzene rings is 2. The molecule has 2 aromatic rings. The molecule has 2 aromatic carbocycles. The van der Waals surface area contributed by atoms with E-state index in [0.717, 1.165) is 16.0 Å². The fraction of sp³-hybridized carbons (Fsp3) is 0.597. The fourth-order valence-electron chi connectivity index (χ4n) is 10.3. The van der Waals surface area contributed by atoms with Crippen molar-refractivity contribution in [2.45, 2.75) is 161 Å². The first-order chi connectivity index (χ1) is 41.4. The molecule has 0 aliphatic carbocycles. The molecule has 2 aliphatic heterocycles. The van der Waals surface area contributed by atoms with Crippen molar-refractivity contribution in [2.75, 3.05) is 62.3 Å². The summed E-state index contributed by atoms with van der Waals surface area (Å²) in [5.74, 6) is -5.54. The Labute approximate surface area is 533 Å². The smallest absolute Gasteiger partial charge is 0.409 e. The van der Waals surface area contributed by atoms with Crippen LogP contribution in [0.25, 0.3) is 0 Å². The number of ether oxygens (including phenoxy) is 4. The Kier molecular flexibility index (Phi) is 28.9. The van der Waals surface area contributed by atoms with Crippen LogP contribution in [0.1, 0.15) is 121 Å². The molecule has 0 spiro atoms. The van der Waals surface area contributed by atoms with E-state index in [-0.39, 0.29) is 67.1 Å². The Balaban J connectivity index is 1.54. The Morgan fingerprint density at radius 3 is 2.18 bits per heavy atom. The molecule has 9 amide bonds. The highest BCUT2D eigenvalue weighted by molar-refractivity contribution is 9.09. The van der Waals surface area contributed by atoms with E-state index in [1.165, 1.54) is 64.3 Å². The van der Waals surface area contributed by atoms with Crippen LogP contribution < -0.4 is 47.3 Å². The van der Waals surface area contributed by atoms with E-state index in [1.54, 1.807) is 53.8 Å². The van der Waals surface area contributed by atoms with Gasteiger partial charge >= 0.3 is 18.1 Å². The molecule has 488 valence electrons. The zero-order valence-electron chi connectivity index (χ0n) is 52.6. The number of nitrogens with one attached hydrogen (secondary N) is 6. The maximum absolute atomic E-state index is 14.6. The first-order valence-electron chi connectivity index (χ1n) is 29.6. The summed E-state index contributed by atoms with van der Waals surface area (Å²) in [6, 6.07) is 5.20. The highest BCUT2D eigenvalue weighted by Gasteiger charge is 2.51. The average Bonchev–Trinajstić information content (AvgIpc) is 1.19. The molecule has 88 heavy (non-hydrogen) atoms. The third-order valence-electron chi connectivity index (χ3n) is 16.5. The maximum Gasteiger partial charge on any atom is 0.409 e. The number of methoxy groups -OCH3 is 2. The highest BCUT2D eigenvalue weighted by Crippen LogP contribution is 2.39. The number of halogens is 2. The summed E-state index contributed by atoms with van der Waals surface area (Å²) in [6.07, 6.45) is 2.57. The Morgan fingerprint density at radius 1 is 0.909 bits per heavy atom. The molecule has 26 heteroatoms. The Morgan fingerprint density at radius 2 is 1.57 bits per heavy atom. The summed E-state index contributed by atoms with van der Waals surface area (Å²) in [5.41, 5.74) is 4.43. The first-order valence-corrected chi connectivity index (χ1v) is 31.8. The molecule has 10 atom stereocenters. The largest absolute Gasteiger partial charge is 0.496 e. The van der Waals surface area contributed by atoms with Gasteiger partial charge in [-0.25, -0.2) is 14.4 Å². The second kappa shape index (κ2) is 34.4. The average molecular weight is 1360 g/mol. The molecule has 24 nitrogen and oxygen atoms in total. The molecule has 0 aromatic heterocycles. The van der Waals surface area contributed by atoms with E-state index in [9.17, 15) is 53.4 Å². The van der Waals surface area contributed by atoms with E-state index in [4.69, 9.17) is 24.7 Å². The lowest BCUT2D eigenvalue weighted by Gasteiger charge is -2.46. The van der Waals surface area contributed by atoms with Gasteiger partial charge in [-0.15, -0.1) is 0 Å². The van der Waals surface area contributed by atoms with Gasteiger partial charge in [-0.05, 0) is 120 Å². The SMILES string of the molecule is COc1cc2cc(c1C)N(C)C(=O)C[C@H](OC(=O)[C@H](C)N(C)C(=O)c1ccc(NC(=O)[C@H](CCCNC(N)=O)NC(=O)[C@@H](NC(=O)CCCCCNC(=O)C(CBr)CBr)C(C)C)cc1)[C@](C)(O)[C@@H](C)[C@H](C)[C@@H]1C[C@@](O)(NC(=O)O1)[C@H](OC)/C=C/C=C(\C)C2. The maximum atomic E-state index is 14.6. The van der Waals surface area contributed by atoms with Crippen molar-refractivity contribution in [1.29, 1.82) is 0 Å². The standard InChI is InChI=1S/C62H91Br2N9O15/c1-35(2)53(70-51(74)21-14-13-15-26-66-54(76)43(33-63)34-64)56(78)69-45(19-17-27-67-59(65)81)55(77)68-44-24-22-42(23-25-44)57(79)72(9)40(7)58(80)88-50-31-52(75)73(10)46-29-41(30-47(85-11)38(46)5)28-36(3)18-16-20-49(86-12)62(84)32-48(87-60(82)71-62)37(4)39(6)61(50,8)83/h16,18,20,22-25,29-30,35,37,39-40,43,45,48-50,53,83-84H,13-15,17,19,21,26-28,31-34H2,1-12H3,(H,66,76)(H,68,77)(H,69,78)(H,70,74)(H,71,82)(H3,65,67,81)/b20-16+,36-18+/t37-,39-,40-,45-,48-,49+,50-,53-,61+,62-/m0/s1. The molecule has 4 rings (SSSR count). The van der Waals surface area contributed by atoms with Gasteiger partial charge in [-0.1, -0.05) is 89.8 Å². The number of aliphatic hydroxyl groups is 2. The molecule has 0 radical (unpaired) electrons. The van der Waals surface area contributed by atoms with Crippen molar-refractivity contribution in [3.8, 4) is 5.75 Å². The van der Waals surface area contributed by atoms with Gasteiger partial charge in [-0.3, -0.25) is 34.1 Å². The van der Waals surface area contributed by atoms with E-state index in [0.29, 0.717) is 59.9 Å². The monoisotopic (exact) mass is 1360 g/mol. The van der Waals surface area contributed by atoms with Crippen LogP contribution in [0.2, 0.25) is 0 Å². The molecule has 0 saturated carbocycles. The number of primary amides is 1. The van der Waals surface area contributed by atoms with Gasteiger partial charge in [0, 0.05) is 74.6 Å². The van der Waals surface area contributed by atoms with Gasteiger partial charge in [0.25, 0.3) is 5.91 Å². The van der Waals surface area contributed by atoms with Crippen molar-refractivity contribution >= 4 is 96.8 Å². The minimum atomic E-state index is -2.04. The number of likely N-dealkylation sites (N-methyl/N-ethyl adjacent to an activating group) is 1. The summed E-state index contributed by atoms with van der Waals surface area (Å²) < 4.78 is 23.3. The number of anilines is 2. The first kappa shape index (κ1) is 73.9. The molecule has 2 aliphatic rings. The number of carbonyl (C=O) groups is 9. The number of amides is 9. The van der Waals surface area contributed by atoms with E-state index in [1.807, 2.05) is 25.1 Å². The summed E-state index contributed by atoms with van der Waals surface area (Å²) in [5, 5.41) is 41.8. The van der Waals surface area contributed by atoms with Gasteiger partial charge in [0.2, 0.25) is 29.5 Å². The molecular formula is C62H91Br2N9O15. The van der Waals surface area contributed by atoms with Gasteiger partial charge < -0.3 is 71.3 Å². The third-order valence-corrected chi connectivity index (χ3v) is 18.1. The number of nitrogens with two attached hydrogens (primary N) is 1. The quantitative estimate of drug-likeness (QED) is 0.0322. The van der Waals surface area contributed by atoms with Gasteiger partial charge in [0.1, 0.15) is 47.8 Å². The third kappa shape index (κ3) is 20.7. The second-order valence-corrected chi connectivity index (χ2v) is 24.7. The number of unbranched alkanes of at least 4 members (excludes halogenated alkanes) is 2. The van der Waals surface area contributed by atoms with Crippen LogP contribution in [-0.4, -0.2) is 168 Å². The number of alkyl carbamates (subject to hydrolysis) is 1. The number of hydrogen-bond donors (Lipinski definition) is 9. The molecule has 1 saturated heterocycles. The Hall–Kier alpha value is -6.61.